The van der Waals surface area contributed by atoms with Crippen molar-refractivity contribution in [3.8, 4) is 0 Å². The Morgan fingerprint density at radius 1 is 0.441 bits per heavy atom. The maximum atomic E-state index is 13.4. The molecule has 0 bridgehead atoms. The summed E-state index contributed by atoms with van der Waals surface area (Å²) in [6.07, 6.45) is 2.03. The van der Waals surface area contributed by atoms with Gasteiger partial charge in [-0.3, -0.25) is 61.6 Å². The molecule has 18 heterocycles. The van der Waals surface area contributed by atoms with Gasteiger partial charge in [-0.2, -0.15) is 15.3 Å². The van der Waals surface area contributed by atoms with Crippen molar-refractivity contribution in [3.05, 3.63) is 73.8 Å². The maximum Gasteiger partial charge on any atom is 1.00 e. The van der Waals surface area contributed by atoms with Crippen LogP contribution in [0.15, 0.2) is 36.8 Å². The third kappa shape index (κ3) is 35.0. The average molecular weight is 2300 g/mol. The van der Waals surface area contributed by atoms with Gasteiger partial charge in [0.05, 0.1) is 216 Å². The van der Waals surface area contributed by atoms with E-state index in [0.717, 1.165) is 103 Å². The van der Waals surface area contributed by atoms with Gasteiger partial charge in [-0.15, -0.1) is 0 Å². The molecule has 48 heteroatoms. The number of benzene rings is 1. The average Bonchev–Trinajstić information content (AvgIpc) is 1.62. The van der Waals surface area contributed by atoms with E-state index in [9.17, 15) is 57.1 Å². The summed E-state index contributed by atoms with van der Waals surface area (Å²) >= 11 is 2.16. The van der Waals surface area contributed by atoms with E-state index in [1.807, 2.05) is 113 Å². The van der Waals surface area contributed by atoms with E-state index in [1.165, 1.54) is 30.1 Å². The van der Waals surface area contributed by atoms with E-state index >= 15 is 0 Å². The number of nitrogens with zero attached hydrogens (tertiary/aromatic N) is 13. The molecule has 12 unspecified atom stereocenters. The van der Waals surface area contributed by atoms with Crippen LogP contribution >= 0.6 is 34.2 Å². The normalized spacial score (nSPS) is 25.8. The molecule has 2 N–H and O–H groups in total. The summed E-state index contributed by atoms with van der Waals surface area (Å²) in [6, 6.07) is 4.37. The molecule has 9 amide bonds. The molecule has 15 aliphatic rings. The van der Waals surface area contributed by atoms with Crippen LogP contribution in [-0.4, -0.2) is 303 Å². The molecule has 15 aliphatic heterocycles. The predicted octanol–water partition coefficient (Wildman–Crippen LogP) is 1.67. The van der Waals surface area contributed by atoms with Crippen LogP contribution in [0.2, 0.25) is 5.02 Å². The summed E-state index contributed by atoms with van der Waals surface area (Å²) in [7, 11) is 0. The molecular weight excluding hydrogens is 2150 g/mol. The fraction of sp³-hybridized carbons (Fsp3) is 0.732. The number of hydrogen-bond acceptors (Lipinski definition) is 32. The fourth-order valence-corrected chi connectivity index (χ4v) is 19.2. The van der Waals surface area contributed by atoms with Crippen molar-refractivity contribution >= 4 is 112 Å². The molecule has 3 aromatic heterocycles. The quantitative estimate of drug-likeness (QED) is 0.0964. The number of halogens is 4. The zero-order valence-electron chi connectivity index (χ0n) is 86.0. The van der Waals surface area contributed by atoms with Crippen LogP contribution in [0.1, 0.15) is 183 Å². The summed E-state index contributed by atoms with van der Waals surface area (Å²) < 4.78 is 122. The Labute approximate surface area is 895 Å². The van der Waals surface area contributed by atoms with Gasteiger partial charge in [-0.1, -0.05) is 32.5 Å². The van der Waals surface area contributed by atoms with E-state index < -0.39 is 77.9 Å². The summed E-state index contributed by atoms with van der Waals surface area (Å²) in [5.74, 6) is 3.36. The molecule has 808 valence electrons. The first kappa shape index (κ1) is 123. The molecule has 19 rings (SSSR count). The van der Waals surface area contributed by atoms with Gasteiger partial charge in [0.1, 0.15) is 59.5 Å². The molecule has 0 saturated carbocycles. The van der Waals surface area contributed by atoms with Crippen molar-refractivity contribution in [1.82, 2.24) is 64.5 Å². The summed E-state index contributed by atoms with van der Waals surface area (Å²) in [5.41, 5.74) is 1.75. The minimum Gasteiger partial charge on any atom is -0.444 e. The zero-order chi connectivity index (χ0) is 105. The van der Waals surface area contributed by atoms with E-state index in [4.69, 9.17) is 82.2 Å². The number of ether oxygens (including phenoxy) is 13. The number of amides is 9. The zero-order valence-corrected chi connectivity index (χ0v) is 93.0. The Morgan fingerprint density at radius 2 is 0.793 bits per heavy atom. The summed E-state index contributed by atoms with van der Waals surface area (Å²) in [6.45, 7) is 56.2. The molecule has 15 atom stereocenters. The van der Waals surface area contributed by atoms with Gasteiger partial charge in [0.2, 0.25) is 29.5 Å². The van der Waals surface area contributed by atoms with Crippen molar-refractivity contribution in [1.29, 1.82) is 0 Å². The van der Waals surface area contributed by atoms with Crippen molar-refractivity contribution in [2.45, 2.75) is 258 Å². The van der Waals surface area contributed by atoms with Gasteiger partial charge in [-0.25, -0.2) is 38.1 Å². The van der Waals surface area contributed by atoms with Gasteiger partial charge in [-0.05, 0) is 186 Å². The molecular formula is C97H148ClFI2N15NaO28. The number of fused-ring (bicyclic) bond motifs is 9. The number of carbonyl (C=O) groups is 11. The Morgan fingerprint density at radius 3 is 1.21 bits per heavy atom. The van der Waals surface area contributed by atoms with Crippen molar-refractivity contribution < 1.29 is 182 Å². The molecule has 0 spiro atoms. The number of aromatic nitrogens is 6. The minimum absolute atomic E-state index is 0. The minimum atomic E-state index is -5.94. The number of hydrogen-bond donors (Lipinski definition) is 2. The maximum absolute atomic E-state index is 13.4. The molecule has 0 radical (unpaired) electrons. The number of carbonyl (C=O) groups excluding carboxylic acids is 11. The summed E-state index contributed by atoms with van der Waals surface area (Å²) in [5, 5.41) is 19.4. The number of rotatable bonds is 4. The third-order valence-electron chi connectivity index (χ3n) is 25.4. The van der Waals surface area contributed by atoms with Crippen molar-refractivity contribution in [2.75, 3.05) is 141 Å². The second-order valence-corrected chi connectivity index (χ2v) is 47.6. The summed E-state index contributed by atoms with van der Waals surface area (Å²) in [4.78, 5) is 143. The van der Waals surface area contributed by atoms with Crippen LogP contribution in [0.5, 0.6) is 0 Å². The predicted molar refractivity (Wildman–Crippen MR) is 517 cm³/mol. The van der Waals surface area contributed by atoms with Crippen LogP contribution in [0.4, 0.5) is 44.5 Å². The Hall–Kier alpha value is -7.54. The Kier molecular flexibility index (Phi) is 43.6. The third-order valence-corrected chi connectivity index (χ3v) is 26.6. The molecule has 0 aliphatic carbocycles. The number of likely N-dealkylation sites (tertiary alicyclic amines) is 2. The molecule has 12 saturated heterocycles. The van der Waals surface area contributed by atoms with Gasteiger partial charge >= 0.3 is 66.2 Å². The first-order valence-corrected chi connectivity index (χ1v) is 53.0. The smallest absolute Gasteiger partial charge is 0.444 e. The van der Waals surface area contributed by atoms with Gasteiger partial charge in [0, 0.05) is 106 Å². The topological polar surface area (TPSA) is 500 Å². The Bertz CT molecular complexity index is 5040. The standard InChI is InChI=1S/C21H22ClFN4O3.C18H26N4O4.C12H18IN3O2.C11H17NO4.C11H19NO3.C10H18O5.C6H9NO2.C6H11NO.2CH4.IO4.Na/c1-12-7-27-19(9-25(12)20(28)5-13-2-3-17(23)16(22)4-13)18(6-24-27)26-8-14-10-30-11-15(14)21(26)29;1-11-6-22-15(8-20(11)17(24)26-18(2,3)4)14(5-19-22)21-7-12-9-25-10-13(12)16(21)23;1-8-6-16-10(9(13)5-14-16)7-15(8)11(17)18-12(2,3)4;1-11(2,3)16-10(14)12-4-7-5-15-6-8(7)9(12)13;1-11(2,3)15-10(13)12-4-8-6-14-7-9(8)5-12;1-9(2,3)14-7(11)13-8(12)15-10(4,5)6;8-6-5-3-9-2-4(5)1-7-6;1-5-3-8-4-6(5)2-7-1;;;2-1(3,4)5;/h2-4,6,12,14-15H,5,7-11H2,1H3;5,11-13H,6-10H2,1-4H3;5,8H,6-7H2,1-4H3;7-8H,4-6H2,1-3H3;8-9H,4-7H2,1-3H3;1-6H3;4-5H,1-3H2,(H,7,8);5-7H,1-4H2;2*1H4;;/q;;;;;;;;;;-1;+1/t12-,14?,15?;11-,12?,13?;8-;;;;;;;;;/m000........./s1. The van der Waals surface area contributed by atoms with Crippen LogP contribution in [0.25, 0.3) is 0 Å². The number of nitrogens with one attached hydrogen (secondary N) is 2. The van der Waals surface area contributed by atoms with Crippen LogP contribution in [0, 0.1) is 80.4 Å². The van der Waals surface area contributed by atoms with E-state index in [-0.39, 0.29) is 163 Å². The van der Waals surface area contributed by atoms with Crippen LogP contribution < -0.4 is 83.8 Å². The molecule has 145 heavy (non-hydrogen) atoms. The Balaban J connectivity index is 0.000000206. The van der Waals surface area contributed by atoms with Crippen molar-refractivity contribution in [2.24, 2.45) is 71.0 Å². The number of imide groups is 1. The van der Waals surface area contributed by atoms with E-state index in [1.54, 1.807) is 100 Å². The molecule has 4 aromatic rings. The monoisotopic (exact) mass is 2300 g/mol. The van der Waals surface area contributed by atoms with Crippen molar-refractivity contribution in [3.63, 3.8) is 0 Å². The van der Waals surface area contributed by atoms with E-state index in [0.29, 0.717) is 122 Å². The number of anilines is 2. The van der Waals surface area contributed by atoms with E-state index in [2.05, 4.69) is 53.3 Å². The van der Waals surface area contributed by atoms with Crippen LogP contribution in [-0.2, 0) is 131 Å². The largest absolute Gasteiger partial charge is 1.00 e. The van der Waals surface area contributed by atoms with Gasteiger partial charge < -0.3 is 91.8 Å². The SMILES string of the molecule is C.C.C1NCC2COCC12.CC(C)(C)OC(=O)N1CC2COCC2C1.CC(C)(C)OC(=O)N1CC2COCC2C1=O.CC(C)(C)OC(=O)OC(=O)OC(C)(C)C.C[C@H]1Cn2ncc(I)c2CN1C(=O)OC(C)(C)C.C[C@H]1Cn2ncc(N3CC4COCC4C3=O)c2CN1C(=O)Cc1ccc(F)c(Cl)c1.C[C@H]1Cn2ncc(N3CC4COCC4C3=O)c2CN1C(=O)OC(C)(C)C.O=C1NCC2COCC12.[Na+].[O-][I+3]([O-])([O-])[O-]. The molecule has 43 nitrogen and oxygen atoms in total. The fourth-order valence-electron chi connectivity index (χ4n) is 18.4. The first-order chi connectivity index (χ1) is 66.1. The first-order valence-electron chi connectivity index (χ1n) is 48.0. The van der Waals surface area contributed by atoms with Crippen LogP contribution in [0.3, 0.4) is 0 Å². The molecule has 1 aromatic carbocycles. The second kappa shape index (κ2) is 51.5. The van der Waals surface area contributed by atoms with Gasteiger partial charge in [0.15, 0.2) is 0 Å². The molecule has 12 fully saturated rings. The second-order valence-electron chi connectivity index (χ2n) is 43.9. The van der Waals surface area contributed by atoms with Gasteiger partial charge in [0.25, 0.3) is 0 Å².